The van der Waals surface area contributed by atoms with E-state index < -0.39 is 5.76 Å². The number of hydrogen-bond donors (Lipinski definition) is 2. The van der Waals surface area contributed by atoms with Crippen LogP contribution in [0.5, 0.6) is 0 Å². The Kier molecular flexibility index (Phi) is 2.99. The normalized spacial score (nSPS) is 12.6. The van der Waals surface area contributed by atoms with Crippen molar-refractivity contribution >= 4 is 22.7 Å². The molecule has 17 heavy (non-hydrogen) atoms. The van der Waals surface area contributed by atoms with Gasteiger partial charge in [0.1, 0.15) is 0 Å². The number of fused-ring (bicyclic) bond motifs is 1. The quantitative estimate of drug-likeness (QED) is 0.854. The number of H-pyrrole nitrogens is 1. The van der Waals surface area contributed by atoms with Gasteiger partial charge in [-0.2, -0.15) is 0 Å². The van der Waals surface area contributed by atoms with E-state index in [4.69, 9.17) is 4.42 Å². The smallest absolute Gasteiger partial charge is 0.408 e. The van der Waals surface area contributed by atoms with Crippen LogP contribution in [-0.4, -0.2) is 10.9 Å². The van der Waals surface area contributed by atoms with Crippen LogP contribution >= 0.6 is 0 Å². The van der Waals surface area contributed by atoms with E-state index in [0.29, 0.717) is 16.8 Å². The Hall–Kier alpha value is -2.04. The van der Waals surface area contributed by atoms with Crippen LogP contribution in [0.25, 0.3) is 11.1 Å². The van der Waals surface area contributed by atoms with E-state index in [1.54, 1.807) is 18.2 Å². The molecule has 1 amide bonds. The molecule has 2 rings (SSSR count). The van der Waals surface area contributed by atoms with Crippen molar-refractivity contribution in [2.24, 2.45) is 5.92 Å². The molecule has 0 aliphatic heterocycles. The maximum absolute atomic E-state index is 11.7. The van der Waals surface area contributed by atoms with E-state index in [1.807, 2.05) is 13.8 Å². The Morgan fingerprint density at radius 1 is 1.53 bits per heavy atom. The Labute approximate surface area is 97.8 Å². The molecule has 1 atom stereocenters. The maximum Gasteiger partial charge on any atom is 0.417 e. The lowest BCUT2D eigenvalue weighted by Crippen LogP contribution is -2.19. The van der Waals surface area contributed by atoms with Gasteiger partial charge in [0, 0.05) is 11.6 Å². The van der Waals surface area contributed by atoms with Gasteiger partial charge in [0.2, 0.25) is 5.91 Å². The van der Waals surface area contributed by atoms with Crippen LogP contribution in [0.15, 0.2) is 27.4 Å². The summed E-state index contributed by atoms with van der Waals surface area (Å²) in [7, 11) is 0. The number of rotatable bonds is 3. The van der Waals surface area contributed by atoms with Crippen molar-refractivity contribution in [1.29, 1.82) is 0 Å². The number of amides is 1. The SMILES string of the molecule is CCC(C)C(=O)Nc1ccc2oc(=O)[nH]c2c1. The molecule has 1 heterocycles. The molecule has 1 unspecified atom stereocenters. The van der Waals surface area contributed by atoms with E-state index in [9.17, 15) is 9.59 Å². The van der Waals surface area contributed by atoms with Gasteiger partial charge in [-0.15, -0.1) is 0 Å². The van der Waals surface area contributed by atoms with Gasteiger partial charge in [0.15, 0.2) is 5.58 Å². The third-order valence-electron chi connectivity index (χ3n) is 2.75. The highest BCUT2D eigenvalue weighted by atomic mass is 16.4. The Bertz CT molecular complexity index is 597. The van der Waals surface area contributed by atoms with Crippen LogP contribution in [0.4, 0.5) is 5.69 Å². The van der Waals surface area contributed by atoms with Gasteiger partial charge < -0.3 is 9.73 Å². The minimum absolute atomic E-state index is 0.0299. The fourth-order valence-electron chi connectivity index (χ4n) is 1.48. The molecule has 0 saturated heterocycles. The van der Waals surface area contributed by atoms with Crippen molar-refractivity contribution in [3.05, 3.63) is 28.7 Å². The Morgan fingerprint density at radius 2 is 2.29 bits per heavy atom. The third kappa shape index (κ3) is 2.38. The van der Waals surface area contributed by atoms with Crippen molar-refractivity contribution in [2.75, 3.05) is 5.32 Å². The molecule has 1 aromatic carbocycles. The summed E-state index contributed by atoms with van der Waals surface area (Å²) in [6.45, 7) is 3.83. The summed E-state index contributed by atoms with van der Waals surface area (Å²) in [6, 6.07) is 5.04. The van der Waals surface area contributed by atoms with Crippen LogP contribution < -0.4 is 11.1 Å². The minimum atomic E-state index is -0.495. The number of aromatic nitrogens is 1. The number of anilines is 1. The van der Waals surface area contributed by atoms with Gasteiger partial charge in [-0.05, 0) is 24.6 Å². The summed E-state index contributed by atoms with van der Waals surface area (Å²) in [5.74, 6) is -0.558. The molecule has 0 aliphatic rings. The van der Waals surface area contributed by atoms with Crippen LogP contribution in [0.1, 0.15) is 20.3 Å². The summed E-state index contributed by atoms with van der Waals surface area (Å²) in [5, 5.41) is 2.79. The highest BCUT2D eigenvalue weighted by Crippen LogP contribution is 2.17. The number of aromatic amines is 1. The number of oxazole rings is 1. The molecule has 0 aliphatic carbocycles. The first-order valence-electron chi connectivity index (χ1n) is 5.54. The van der Waals surface area contributed by atoms with Crippen molar-refractivity contribution in [3.63, 3.8) is 0 Å². The second kappa shape index (κ2) is 4.45. The summed E-state index contributed by atoms with van der Waals surface area (Å²) in [4.78, 5) is 25.2. The average Bonchev–Trinajstić information content (AvgIpc) is 2.67. The number of carbonyl (C=O) groups excluding carboxylic acids is 1. The number of carbonyl (C=O) groups is 1. The monoisotopic (exact) mass is 234 g/mol. The summed E-state index contributed by atoms with van der Waals surface area (Å²) < 4.78 is 4.87. The zero-order valence-corrected chi connectivity index (χ0v) is 9.74. The van der Waals surface area contributed by atoms with Crippen molar-refractivity contribution in [3.8, 4) is 0 Å². The molecule has 90 valence electrons. The molecule has 1 aromatic heterocycles. The van der Waals surface area contributed by atoms with Crippen LogP contribution in [0, 0.1) is 5.92 Å². The fourth-order valence-corrected chi connectivity index (χ4v) is 1.48. The second-order valence-corrected chi connectivity index (χ2v) is 4.02. The number of nitrogens with one attached hydrogen (secondary N) is 2. The fraction of sp³-hybridized carbons (Fsp3) is 0.333. The van der Waals surface area contributed by atoms with Crippen molar-refractivity contribution in [2.45, 2.75) is 20.3 Å². The summed E-state index contributed by atoms with van der Waals surface area (Å²) >= 11 is 0. The Balaban J connectivity index is 2.24. The van der Waals surface area contributed by atoms with E-state index in [0.717, 1.165) is 6.42 Å². The van der Waals surface area contributed by atoms with Gasteiger partial charge in [-0.1, -0.05) is 13.8 Å². The predicted octanol–water partition coefficient (Wildman–Crippen LogP) is 2.11. The van der Waals surface area contributed by atoms with Gasteiger partial charge in [0.05, 0.1) is 5.52 Å². The molecule has 0 saturated carbocycles. The predicted molar refractivity (Wildman–Crippen MR) is 64.9 cm³/mol. The average molecular weight is 234 g/mol. The first-order valence-corrected chi connectivity index (χ1v) is 5.54. The zero-order valence-electron chi connectivity index (χ0n) is 9.74. The largest absolute Gasteiger partial charge is 0.417 e. The van der Waals surface area contributed by atoms with Gasteiger partial charge in [-0.25, -0.2) is 4.79 Å². The third-order valence-corrected chi connectivity index (χ3v) is 2.75. The van der Waals surface area contributed by atoms with Crippen LogP contribution in [-0.2, 0) is 4.79 Å². The van der Waals surface area contributed by atoms with Crippen molar-refractivity contribution < 1.29 is 9.21 Å². The molecule has 2 N–H and O–H groups in total. The van der Waals surface area contributed by atoms with Gasteiger partial charge >= 0.3 is 5.76 Å². The number of hydrogen-bond acceptors (Lipinski definition) is 3. The summed E-state index contributed by atoms with van der Waals surface area (Å²) in [5.41, 5.74) is 1.72. The molecule has 0 spiro atoms. The van der Waals surface area contributed by atoms with Gasteiger partial charge in [-0.3, -0.25) is 9.78 Å². The molecular weight excluding hydrogens is 220 g/mol. The van der Waals surface area contributed by atoms with E-state index in [-0.39, 0.29) is 11.8 Å². The lowest BCUT2D eigenvalue weighted by Gasteiger charge is -2.09. The second-order valence-electron chi connectivity index (χ2n) is 4.02. The van der Waals surface area contributed by atoms with E-state index in [1.165, 1.54) is 0 Å². The first kappa shape index (κ1) is 11.4. The lowest BCUT2D eigenvalue weighted by atomic mass is 10.1. The van der Waals surface area contributed by atoms with Crippen LogP contribution in [0.3, 0.4) is 0 Å². The van der Waals surface area contributed by atoms with Crippen molar-refractivity contribution in [1.82, 2.24) is 4.98 Å². The highest BCUT2D eigenvalue weighted by molar-refractivity contribution is 5.94. The zero-order chi connectivity index (χ0) is 12.4. The van der Waals surface area contributed by atoms with Crippen LogP contribution in [0.2, 0.25) is 0 Å². The Morgan fingerprint density at radius 3 is 3.00 bits per heavy atom. The molecule has 5 nitrogen and oxygen atoms in total. The lowest BCUT2D eigenvalue weighted by molar-refractivity contribution is -0.119. The highest BCUT2D eigenvalue weighted by Gasteiger charge is 2.11. The molecular formula is C12H14N2O3. The standard InChI is InChI=1S/C12H14N2O3/c1-3-7(2)11(15)13-8-4-5-10-9(6-8)14-12(16)17-10/h4-7H,3H2,1-2H3,(H,13,15)(H,14,16). The molecule has 0 bridgehead atoms. The topological polar surface area (TPSA) is 75.1 Å². The minimum Gasteiger partial charge on any atom is -0.408 e. The number of benzene rings is 1. The molecule has 0 radical (unpaired) electrons. The summed E-state index contributed by atoms with van der Waals surface area (Å²) in [6.07, 6.45) is 0.788. The molecule has 2 aromatic rings. The van der Waals surface area contributed by atoms with Gasteiger partial charge in [0.25, 0.3) is 0 Å². The van der Waals surface area contributed by atoms with E-state index >= 15 is 0 Å². The van der Waals surface area contributed by atoms with E-state index in [2.05, 4.69) is 10.3 Å². The maximum atomic E-state index is 11.7. The molecule has 5 heteroatoms. The molecule has 0 fully saturated rings. The first-order chi connectivity index (χ1) is 8.10.